The molecule has 1 saturated carbocycles. The van der Waals surface area contributed by atoms with Crippen molar-refractivity contribution in [1.29, 1.82) is 0 Å². The Morgan fingerprint density at radius 2 is 2.25 bits per heavy atom. The molecule has 0 aliphatic heterocycles. The largest absolute Gasteiger partial charge is 0.453 e. The summed E-state index contributed by atoms with van der Waals surface area (Å²) in [6.45, 7) is 0. The molecule has 2 nitrogen and oxygen atoms in total. The number of rotatable bonds is 2. The van der Waals surface area contributed by atoms with E-state index in [0.29, 0.717) is 5.92 Å². The SMILES string of the molecule is N[C@@H](c1ccc(Br)o1)C1CCC1. The van der Waals surface area contributed by atoms with Gasteiger partial charge in [0, 0.05) is 0 Å². The molecule has 2 N–H and O–H groups in total. The number of furan rings is 1. The van der Waals surface area contributed by atoms with Crippen LogP contribution in [0.2, 0.25) is 0 Å². The summed E-state index contributed by atoms with van der Waals surface area (Å²) in [5, 5.41) is 0. The van der Waals surface area contributed by atoms with Gasteiger partial charge in [0.25, 0.3) is 0 Å². The summed E-state index contributed by atoms with van der Waals surface area (Å²) in [5.41, 5.74) is 6.00. The van der Waals surface area contributed by atoms with Crippen molar-refractivity contribution in [3.63, 3.8) is 0 Å². The van der Waals surface area contributed by atoms with Crippen LogP contribution in [-0.2, 0) is 0 Å². The highest BCUT2D eigenvalue weighted by molar-refractivity contribution is 9.10. The van der Waals surface area contributed by atoms with E-state index in [0.717, 1.165) is 10.4 Å². The van der Waals surface area contributed by atoms with Crippen LogP contribution in [0.5, 0.6) is 0 Å². The molecular formula is C9H12BrNO. The highest BCUT2D eigenvalue weighted by Gasteiger charge is 2.27. The average Bonchev–Trinajstić information content (AvgIpc) is 2.31. The summed E-state index contributed by atoms with van der Waals surface area (Å²) in [4.78, 5) is 0. The number of nitrogens with two attached hydrogens (primary N) is 1. The first-order valence-corrected chi connectivity index (χ1v) is 5.07. The van der Waals surface area contributed by atoms with Gasteiger partial charge in [0.15, 0.2) is 4.67 Å². The summed E-state index contributed by atoms with van der Waals surface area (Å²) in [6.07, 6.45) is 3.82. The lowest BCUT2D eigenvalue weighted by Gasteiger charge is -2.29. The quantitative estimate of drug-likeness (QED) is 0.848. The third-order valence-electron chi connectivity index (χ3n) is 2.58. The van der Waals surface area contributed by atoms with Crippen LogP contribution < -0.4 is 5.73 Å². The first-order valence-electron chi connectivity index (χ1n) is 4.28. The first-order chi connectivity index (χ1) is 5.77. The van der Waals surface area contributed by atoms with E-state index in [1.54, 1.807) is 0 Å². The molecule has 0 radical (unpaired) electrons. The minimum Gasteiger partial charge on any atom is -0.453 e. The van der Waals surface area contributed by atoms with E-state index < -0.39 is 0 Å². The molecule has 0 unspecified atom stereocenters. The Balaban J connectivity index is 2.08. The van der Waals surface area contributed by atoms with Gasteiger partial charge in [0.05, 0.1) is 6.04 Å². The zero-order chi connectivity index (χ0) is 8.55. The van der Waals surface area contributed by atoms with Crippen molar-refractivity contribution in [2.75, 3.05) is 0 Å². The van der Waals surface area contributed by atoms with Gasteiger partial charge in [-0.2, -0.15) is 0 Å². The minimum absolute atomic E-state index is 0.102. The second-order valence-electron chi connectivity index (χ2n) is 3.36. The van der Waals surface area contributed by atoms with Gasteiger partial charge in [-0.05, 0) is 46.8 Å². The van der Waals surface area contributed by atoms with E-state index in [4.69, 9.17) is 10.2 Å². The summed E-state index contributed by atoms with van der Waals surface area (Å²) in [7, 11) is 0. The molecule has 1 heterocycles. The second-order valence-corrected chi connectivity index (χ2v) is 4.14. The lowest BCUT2D eigenvalue weighted by atomic mass is 9.79. The summed E-state index contributed by atoms with van der Waals surface area (Å²) < 4.78 is 6.16. The van der Waals surface area contributed by atoms with Gasteiger partial charge in [0.1, 0.15) is 5.76 Å². The third kappa shape index (κ3) is 1.43. The van der Waals surface area contributed by atoms with E-state index in [-0.39, 0.29) is 6.04 Å². The summed E-state index contributed by atoms with van der Waals surface area (Å²) >= 11 is 3.27. The fraction of sp³-hybridized carbons (Fsp3) is 0.556. The van der Waals surface area contributed by atoms with Crippen LogP contribution in [0.25, 0.3) is 0 Å². The molecule has 1 aliphatic carbocycles. The van der Waals surface area contributed by atoms with Gasteiger partial charge >= 0.3 is 0 Å². The maximum atomic E-state index is 6.00. The van der Waals surface area contributed by atoms with Crippen molar-refractivity contribution in [2.45, 2.75) is 25.3 Å². The molecule has 0 amide bonds. The molecule has 1 aliphatic rings. The van der Waals surface area contributed by atoms with Crippen LogP contribution in [0.1, 0.15) is 31.1 Å². The second kappa shape index (κ2) is 3.23. The summed E-state index contributed by atoms with van der Waals surface area (Å²) in [6, 6.07) is 3.95. The molecule has 1 fully saturated rings. The van der Waals surface area contributed by atoms with E-state index in [1.165, 1.54) is 19.3 Å². The Labute approximate surface area is 80.3 Å². The van der Waals surface area contributed by atoms with E-state index in [2.05, 4.69) is 15.9 Å². The maximum absolute atomic E-state index is 6.00. The highest BCUT2D eigenvalue weighted by Crippen LogP contribution is 2.36. The van der Waals surface area contributed by atoms with Crippen molar-refractivity contribution < 1.29 is 4.42 Å². The Bertz CT molecular complexity index is 267. The molecule has 1 atom stereocenters. The molecule has 12 heavy (non-hydrogen) atoms. The molecule has 2 rings (SSSR count). The molecule has 0 aromatic carbocycles. The van der Waals surface area contributed by atoms with E-state index in [1.807, 2.05) is 12.1 Å². The topological polar surface area (TPSA) is 39.2 Å². The first kappa shape index (κ1) is 8.32. The number of halogens is 1. The zero-order valence-corrected chi connectivity index (χ0v) is 8.38. The Morgan fingerprint density at radius 1 is 1.50 bits per heavy atom. The van der Waals surface area contributed by atoms with Crippen molar-refractivity contribution in [3.8, 4) is 0 Å². The molecule has 66 valence electrons. The lowest BCUT2D eigenvalue weighted by molar-refractivity contribution is 0.239. The van der Waals surface area contributed by atoms with E-state index in [9.17, 15) is 0 Å². The molecule has 1 aromatic heterocycles. The van der Waals surface area contributed by atoms with Gasteiger partial charge in [-0.3, -0.25) is 0 Å². The van der Waals surface area contributed by atoms with Crippen LogP contribution in [0.15, 0.2) is 21.2 Å². The number of hydrogen-bond donors (Lipinski definition) is 1. The van der Waals surface area contributed by atoms with Gasteiger partial charge in [0.2, 0.25) is 0 Å². The fourth-order valence-corrected chi connectivity index (χ4v) is 1.86. The molecule has 3 heteroatoms. The third-order valence-corrected chi connectivity index (χ3v) is 3.01. The Kier molecular flexibility index (Phi) is 2.24. The van der Waals surface area contributed by atoms with Gasteiger partial charge < -0.3 is 10.2 Å². The lowest BCUT2D eigenvalue weighted by Crippen LogP contribution is -2.26. The van der Waals surface area contributed by atoms with Gasteiger partial charge in [-0.1, -0.05) is 6.42 Å². The van der Waals surface area contributed by atoms with E-state index >= 15 is 0 Å². The smallest absolute Gasteiger partial charge is 0.169 e. The molecular weight excluding hydrogens is 218 g/mol. The van der Waals surface area contributed by atoms with Gasteiger partial charge in [-0.25, -0.2) is 0 Å². The van der Waals surface area contributed by atoms with Crippen molar-refractivity contribution in [3.05, 3.63) is 22.6 Å². The van der Waals surface area contributed by atoms with Crippen LogP contribution in [0.3, 0.4) is 0 Å². The predicted octanol–water partition coefficient (Wildman–Crippen LogP) is 2.84. The molecule has 0 saturated heterocycles. The minimum atomic E-state index is 0.102. The predicted molar refractivity (Wildman–Crippen MR) is 50.7 cm³/mol. The maximum Gasteiger partial charge on any atom is 0.169 e. The Morgan fingerprint density at radius 3 is 2.67 bits per heavy atom. The van der Waals surface area contributed by atoms with Crippen LogP contribution in [-0.4, -0.2) is 0 Å². The monoisotopic (exact) mass is 229 g/mol. The fourth-order valence-electron chi connectivity index (χ4n) is 1.54. The van der Waals surface area contributed by atoms with Crippen molar-refractivity contribution in [1.82, 2.24) is 0 Å². The molecule has 1 aromatic rings. The molecule has 0 spiro atoms. The van der Waals surface area contributed by atoms with Crippen LogP contribution in [0, 0.1) is 5.92 Å². The average molecular weight is 230 g/mol. The van der Waals surface area contributed by atoms with Crippen molar-refractivity contribution in [2.24, 2.45) is 11.7 Å². The Hall–Kier alpha value is -0.280. The normalized spacial score (nSPS) is 20.5. The van der Waals surface area contributed by atoms with Crippen LogP contribution >= 0.6 is 15.9 Å². The van der Waals surface area contributed by atoms with Crippen LogP contribution in [0.4, 0.5) is 0 Å². The van der Waals surface area contributed by atoms with Crippen molar-refractivity contribution >= 4 is 15.9 Å². The highest BCUT2D eigenvalue weighted by atomic mass is 79.9. The molecule has 0 bridgehead atoms. The zero-order valence-electron chi connectivity index (χ0n) is 6.79. The standard InChI is InChI=1S/C9H12BrNO/c10-8-5-4-7(12-8)9(11)6-2-1-3-6/h4-6,9H,1-3,11H2/t9-/m1/s1. The summed E-state index contributed by atoms with van der Waals surface area (Å²) in [5.74, 6) is 1.55. The van der Waals surface area contributed by atoms with Gasteiger partial charge in [-0.15, -0.1) is 0 Å². The number of hydrogen-bond acceptors (Lipinski definition) is 2.